The van der Waals surface area contributed by atoms with Gasteiger partial charge in [-0.2, -0.15) is 13.2 Å². The van der Waals surface area contributed by atoms with Crippen LogP contribution in [-0.4, -0.2) is 36.9 Å². The van der Waals surface area contributed by atoms with Gasteiger partial charge >= 0.3 is 6.18 Å². The molecule has 4 rings (SSSR count). The summed E-state index contributed by atoms with van der Waals surface area (Å²) in [4.78, 5) is 40.1. The Balaban J connectivity index is 1.45. The Labute approximate surface area is 206 Å². The highest BCUT2D eigenvalue weighted by atomic mass is 35.5. The first-order valence-corrected chi connectivity index (χ1v) is 10.7. The summed E-state index contributed by atoms with van der Waals surface area (Å²) in [6.07, 6.45) is -0.329. The number of carbonyl (C=O) groups excluding carboxylic acids is 2. The Morgan fingerprint density at radius 3 is 2.61 bits per heavy atom. The number of anilines is 1. The number of hydrogen-bond donors (Lipinski definition) is 3. The maximum absolute atomic E-state index is 13.1. The number of nitrogens with one attached hydrogen (secondary N) is 3. The molecule has 3 N–H and O–H groups in total. The van der Waals surface area contributed by atoms with Gasteiger partial charge in [-0.3, -0.25) is 9.59 Å². The lowest BCUT2D eigenvalue weighted by molar-refractivity contribution is -0.138. The number of aromatic nitrogens is 5. The molecule has 0 aliphatic rings. The van der Waals surface area contributed by atoms with Crippen LogP contribution in [0.15, 0.2) is 47.5 Å². The molecule has 0 radical (unpaired) electrons. The van der Waals surface area contributed by atoms with Crippen molar-refractivity contribution in [2.45, 2.75) is 26.1 Å². The Morgan fingerprint density at radius 2 is 1.92 bits per heavy atom. The molecule has 0 aliphatic heterocycles. The molecule has 0 saturated heterocycles. The van der Waals surface area contributed by atoms with Crippen LogP contribution in [0.1, 0.15) is 50.8 Å². The summed E-state index contributed by atoms with van der Waals surface area (Å²) in [6.45, 7) is 2.90. The number of imidazole rings is 1. The van der Waals surface area contributed by atoms with Crippen molar-refractivity contribution >= 4 is 29.1 Å². The van der Waals surface area contributed by atoms with Crippen LogP contribution in [0.25, 0.3) is 11.5 Å². The normalized spacial score (nSPS) is 12.3. The summed E-state index contributed by atoms with van der Waals surface area (Å²) < 4.78 is 44.4. The monoisotopic (exact) mass is 519 g/mol. The summed E-state index contributed by atoms with van der Waals surface area (Å²) in [5.41, 5.74) is -0.598. The zero-order valence-corrected chi connectivity index (χ0v) is 19.4. The van der Waals surface area contributed by atoms with Crippen LogP contribution in [0.4, 0.5) is 18.9 Å². The van der Waals surface area contributed by atoms with E-state index in [4.69, 9.17) is 16.1 Å². The first-order chi connectivity index (χ1) is 17.0. The Bertz CT molecular complexity index is 1420. The van der Waals surface area contributed by atoms with Crippen LogP contribution in [0.5, 0.6) is 0 Å². The molecule has 0 bridgehead atoms. The van der Waals surface area contributed by atoms with Crippen molar-refractivity contribution in [3.8, 4) is 11.5 Å². The van der Waals surface area contributed by atoms with Crippen molar-refractivity contribution in [3.63, 3.8) is 0 Å². The second-order valence-corrected chi connectivity index (χ2v) is 7.99. The van der Waals surface area contributed by atoms with Crippen LogP contribution in [0.3, 0.4) is 0 Å². The minimum atomic E-state index is -4.57. The minimum Gasteiger partial charge on any atom is -0.351 e. The van der Waals surface area contributed by atoms with E-state index >= 15 is 0 Å². The zero-order valence-electron chi connectivity index (χ0n) is 18.6. The Morgan fingerprint density at radius 1 is 1.14 bits per heavy atom. The summed E-state index contributed by atoms with van der Waals surface area (Å²) in [7, 11) is 0. The summed E-state index contributed by atoms with van der Waals surface area (Å²) in [5, 5.41) is 8.72. The number of hydrogen-bond acceptors (Lipinski definition) is 7. The zero-order chi connectivity index (χ0) is 26.0. The molecule has 0 aliphatic carbocycles. The summed E-state index contributed by atoms with van der Waals surface area (Å²) in [5.74, 6) is -1.37. The van der Waals surface area contributed by atoms with E-state index in [1.54, 1.807) is 13.1 Å². The molecule has 0 saturated carbocycles. The number of H-pyrrole nitrogens is 1. The molecule has 1 aromatic carbocycles. The van der Waals surface area contributed by atoms with Gasteiger partial charge in [0.05, 0.1) is 11.6 Å². The molecule has 4 aromatic rings. The van der Waals surface area contributed by atoms with Gasteiger partial charge in [0, 0.05) is 24.1 Å². The lowest BCUT2D eigenvalue weighted by atomic mass is 10.1. The third-order valence-corrected chi connectivity index (χ3v) is 5.43. The van der Waals surface area contributed by atoms with E-state index in [9.17, 15) is 22.8 Å². The van der Waals surface area contributed by atoms with Crippen LogP contribution in [0.2, 0.25) is 5.02 Å². The molecular formula is C22H17ClF3N7O3. The van der Waals surface area contributed by atoms with Crippen molar-refractivity contribution < 1.29 is 27.3 Å². The fraction of sp³-hybridized carbons (Fsp3) is 0.182. The van der Waals surface area contributed by atoms with Gasteiger partial charge in [-0.15, -0.1) is 0 Å². The van der Waals surface area contributed by atoms with E-state index < -0.39 is 29.6 Å². The van der Waals surface area contributed by atoms with Gasteiger partial charge in [0.15, 0.2) is 11.5 Å². The van der Waals surface area contributed by atoms with Crippen molar-refractivity contribution in [3.05, 3.63) is 76.3 Å². The highest BCUT2D eigenvalue weighted by Crippen LogP contribution is 2.33. The Hall–Kier alpha value is -4.26. The number of nitrogens with zero attached hydrogens (tertiary/aromatic N) is 4. The van der Waals surface area contributed by atoms with Gasteiger partial charge in [-0.25, -0.2) is 15.0 Å². The number of alkyl halides is 3. The standard InChI is InChI=1S/C22H17ClF3N7O3/c1-10-3-4-12(7-13(10)22(24,25)26)32-20(34)15-8-14(33-36-15)11(2)31-21(35)18-16(23)17(29-9-30-18)19-27-5-6-28-19/h3-9,11H,1-2H3,(H,27,28)(H,31,35)(H,32,34)/t11-/m0/s1. The van der Waals surface area contributed by atoms with Gasteiger partial charge in [-0.1, -0.05) is 22.8 Å². The van der Waals surface area contributed by atoms with E-state index in [2.05, 4.69) is 35.7 Å². The Kier molecular flexibility index (Phi) is 6.75. The lowest BCUT2D eigenvalue weighted by Gasteiger charge is -2.12. The lowest BCUT2D eigenvalue weighted by Crippen LogP contribution is -2.28. The summed E-state index contributed by atoms with van der Waals surface area (Å²) in [6, 6.07) is 3.94. The fourth-order valence-electron chi connectivity index (χ4n) is 3.22. The van der Waals surface area contributed by atoms with E-state index in [0.717, 1.165) is 12.4 Å². The molecule has 3 aromatic heterocycles. The predicted molar refractivity (Wildman–Crippen MR) is 121 cm³/mol. The third kappa shape index (κ3) is 5.20. The minimum absolute atomic E-state index is 0.0197. The largest absolute Gasteiger partial charge is 0.416 e. The van der Waals surface area contributed by atoms with E-state index in [-0.39, 0.29) is 39.1 Å². The highest BCUT2D eigenvalue weighted by molar-refractivity contribution is 6.35. The number of benzene rings is 1. The topological polar surface area (TPSA) is 139 Å². The molecule has 36 heavy (non-hydrogen) atoms. The molecule has 2 amide bonds. The maximum atomic E-state index is 13.1. The highest BCUT2D eigenvalue weighted by Gasteiger charge is 2.32. The summed E-state index contributed by atoms with van der Waals surface area (Å²) >= 11 is 6.29. The van der Waals surface area contributed by atoms with Crippen LogP contribution >= 0.6 is 11.6 Å². The van der Waals surface area contributed by atoms with Crippen molar-refractivity contribution in [2.24, 2.45) is 0 Å². The fourth-order valence-corrected chi connectivity index (χ4v) is 3.50. The number of aromatic amines is 1. The molecule has 186 valence electrons. The average Bonchev–Trinajstić information content (AvgIpc) is 3.52. The molecule has 0 fully saturated rings. The number of amides is 2. The van der Waals surface area contributed by atoms with Crippen LogP contribution < -0.4 is 10.6 Å². The molecular weight excluding hydrogens is 503 g/mol. The quantitative estimate of drug-likeness (QED) is 0.339. The van der Waals surface area contributed by atoms with E-state index in [1.807, 2.05) is 0 Å². The predicted octanol–water partition coefficient (Wildman–Crippen LogP) is 4.58. The second-order valence-electron chi connectivity index (χ2n) is 7.62. The van der Waals surface area contributed by atoms with Crippen molar-refractivity contribution in [2.75, 3.05) is 5.32 Å². The molecule has 14 heteroatoms. The van der Waals surface area contributed by atoms with Gasteiger partial charge < -0.3 is 20.1 Å². The van der Waals surface area contributed by atoms with Gasteiger partial charge in [0.25, 0.3) is 11.8 Å². The molecule has 0 unspecified atom stereocenters. The third-order valence-electron chi connectivity index (χ3n) is 5.07. The molecule has 0 spiro atoms. The first-order valence-electron chi connectivity index (χ1n) is 10.3. The number of halogens is 4. The molecule has 1 atom stereocenters. The molecule has 3 heterocycles. The second kappa shape index (κ2) is 9.77. The average molecular weight is 520 g/mol. The van der Waals surface area contributed by atoms with Gasteiger partial charge in [-0.05, 0) is 31.5 Å². The van der Waals surface area contributed by atoms with Crippen LogP contribution in [-0.2, 0) is 6.18 Å². The maximum Gasteiger partial charge on any atom is 0.416 e. The smallest absolute Gasteiger partial charge is 0.351 e. The first kappa shape index (κ1) is 24.9. The number of carbonyl (C=O) groups is 2. The van der Waals surface area contributed by atoms with E-state index in [1.165, 1.54) is 31.3 Å². The SMILES string of the molecule is Cc1ccc(NC(=O)c2cc([C@H](C)NC(=O)c3ncnc(-c4ncc[nH]4)c3Cl)no2)cc1C(F)(F)F. The van der Waals surface area contributed by atoms with Crippen LogP contribution in [0, 0.1) is 6.92 Å². The number of aryl methyl sites for hydroxylation is 1. The van der Waals surface area contributed by atoms with Gasteiger partial charge in [0.2, 0.25) is 5.76 Å². The van der Waals surface area contributed by atoms with Crippen molar-refractivity contribution in [1.82, 2.24) is 30.4 Å². The van der Waals surface area contributed by atoms with Crippen molar-refractivity contribution in [1.29, 1.82) is 0 Å². The molecule has 10 nitrogen and oxygen atoms in total. The number of rotatable bonds is 6. The van der Waals surface area contributed by atoms with Gasteiger partial charge in [0.1, 0.15) is 22.7 Å². The van der Waals surface area contributed by atoms with E-state index in [0.29, 0.717) is 5.82 Å².